The van der Waals surface area contributed by atoms with Crippen LogP contribution in [0, 0.1) is 0 Å². The molecule has 0 aromatic heterocycles. The summed E-state index contributed by atoms with van der Waals surface area (Å²) in [5.41, 5.74) is 5.94. The van der Waals surface area contributed by atoms with Crippen LogP contribution < -0.4 is 5.73 Å². The van der Waals surface area contributed by atoms with Crippen LogP contribution in [0.5, 0.6) is 0 Å². The van der Waals surface area contributed by atoms with Crippen molar-refractivity contribution in [3.05, 3.63) is 0 Å². The predicted molar refractivity (Wildman–Crippen MR) is 92.3 cm³/mol. The van der Waals surface area contributed by atoms with E-state index in [1.54, 1.807) is 11.8 Å². The van der Waals surface area contributed by atoms with Gasteiger partial charge in [0.05, 0.1) is 18.8 Å². The van der Waals surface area contributed by atoms with Gasteiger partial charge in [-0.15, -0.1) is 12.4 Å². The van der Waals surface area contributed by atoms with Gasteiger partial charge in [-0.3, -0.25) is 9.69 Å². The Hall–Kier alpha value is -0.0100. The molecule has 0 saturated carbocycles. The van der Waals surface area contributed by atoms with Crippen LogP contribution >= 0.6 is 24.2 Å². The van der Waals surface area contributed by atoms with E-state index in [1.807, 2.05) is 25.0 Å². The van der Waals surface area contributed by atoms with Crippen molar-refractivity contribution in [3.8, 4) is 0 Å². The molecule has 1 rings (SSSR count). The van der Waals surface area contributed by atoms with Crippen LogP contribution in [-0.4, -0.2) is 79.2 Å². The Morgan fingerprint density at radius 3 is 2.43 bits per heavy atom. The number of thioether (sulfide) groups is 1. The Labute approximate surface area is 139 Å². The van der Waals surface area contributed by atoms with Gasteiger partial charge in [0, 0.05) is 32.7 Å². The van der Waals surface area contributed by atoms with E-state index in [0.717, 1.165) is 51.5 Å². The first-order valence-electron chi connectivity index (χ1n) is 7.42. The molecule has 1 atom stereocenters. The second-order valence-electron chi connectivity index (χ2n) is 5.47. The second kappa shape index (κ2) is 11.5. The summed E-state index contributed by atoms with van der Waals surface area (Å²) in [4.78, 5) is 16.4. The summed E-state index contributed by atoms with van der Waals surface area (Å²) in [7, 11) is 0. The summed E-state index contributed by atoms with van der Waals surface area (Å²) >= 11 is 1.73. The largest absolute Gasteiger partial charge is 0.377 e. The highest BCUT2D eigenvalue weighted by atomic mass is 35.5. The number of rotatable bonds is 8. The minimum absolute atomic E-state index is 0. The first-order chi connectivity index (χ1) is 9.54. The average Bonchev–Trinajstić information content (AvgIpc) is 2.44. The minimum atomic E-state index is -0.335. The van der Waals surface area contributed by atoms with E-state index in [-0.39, 0.29) is 30.5 Å². The van der Waals surface area contributed by atoms with Gasteiger partial charge in [-0.1, -0.05) is 0 Å². The zero-order valence-electron chi connectivity index (χ0n) is 13.4. The Kier molecular flexibility index (Phi) is 11.5. The van der Waals surface area contributed by atoms with Gasteiger partial charge in [0.15, 0.2) is 0 Å². The summed E-state index contributed by atoms with van der Waals surface area (Å²) in [5, 5.41) is 0. The van der Waals surface area contributed by atoms with Gasteiger partial charge >= 0.3 is 0 Å². The molecule has 5 nitrogen and oxygen atoms in total. The molecule has 1 fully saturated rings. The van der Waals surface area contributed by atoms with Gasteiger partial charge in [-0.2, -0.15) is 11.8 Å². The molecule has 7 heteroatoms. The molecule has 0 bridgehead atoms. The number of nitrogens with two attached hydrogens (primary N) is 1. The van der Waals surface area contributed by atoms with Gasteiger partial charge in [0.25, 0.3) is 0 Å². The Balaban J connectivity index is 0.00000400. The number of piperazine rings is 1. The standard InChI is InChI=1S/C14H29N3O2S.ClH/c1-12(2)19-10-9-16-5-7-17(8-6-16)14(18)13(15)4-11-20-3;/h12-13H,4-11,15H2,1-3H3;1H/t13-;/m0./s1. The van der Waals surface area contributed by atoms with Crippen LogP contribution in [0.15, 0.2) is 0 Å². The summed E-state index contributed by atoms with van der Waals surface area (Å²) in [5.74, 6) is 1.05. The summed E-state index contributed by atoms with van der Waals surface area (Å²) in [6.07, 6.45) is 3.09. The molecule has 0 radical (unpaired) electrons. The zero-order valence-corrected chi connectivity index (χ0v) is 15.0. The lowest BCUT2D eigenvalue weighted by Gasteiger charge is -2.35. The zero-order chi connectivity index (χ0) is 15.0. The number of ether oxygens (including phenoxy) is 1. The van der Waals surface area contributed by atoms with E-state index in [2.05, 4.69) is 4.90 Å². The fourth-order valence-electron chi connectivity index (χ4n) is 2.21. The molecule has 0 unspecified atom stereocenters. The van der Waals surface area contributed by atoms with Crippen molar-refractivity contribution in [1.29, 1.82) is 0 Å². The highest BCUT2D eigenvalue weighted by molar-refractivity contribution is 7.98. The molecular formula is C14H30ClN3O2S. The average molecular weight is 340 g/mol. The SMILES string of the molecule is CSCC[C@H](N)C(=O)N1CCN(CCOC(C)C)CC1.Cl. The normalized spacial score (nSPS) is 17.7. The maximum Gasteiger partial charge on any atom is 0.239 e. The maximum atomic E-state index is 12.2. The highest BCUT2D eigenvalue weighted by Crippen LogP contribution is 2.07. The molecular weight excluding hydrogens is 310 g/mol. The van der Waals surface area contributed by atoms with Crippen LogP contribution in [0.25, 0.3) is 0 Å². The second-order valence-corrected chi connectivity index (χ2v) is 6.46. The van der Waals surface area contributed by atoms with E-state index < -0.39 is 0 Å². The van der Waals surface area contributed by atoms with Crippen LogP contribution in [0.1, 0.15) is 20.3 Å². The van der Waals surface area contributed by atoms with E-state index in [0.29, 0.717) is 0 Å². The number of hydrogen-bond donors (Lipinski definition) is 1. The topological polar surface area (TPSA) is 58.8 Å². The number of carbonyl (C=O) groups is 1. The first-order valence-corrected chi connectivity index (χ1v) is 8.81. The number of carbonyl (C=O) groups excluding carboxylic acids is 1. The molecule has 1 aliphatic heterocycles. The molecule has 0 aromatic carbocycles. The fourth-order valence-corrected chi connectivity index (χ4v) is 2.70. The van der Waals surface area contributed by atoms with Crippen molar-refractivity contribution in [1.82, 2.24) is 9.80 Å². The Morgan fingerprint density at radius 1 is 1.29 bits per heavy atom. The van der Waals surface area contributed by atoms with Crippen molar-refractivity contribution >= 4 is 30.1 Å². The lowest BCUT2D eigenvalue weighted by Crippen LogP contribution is -2.53. The van der Waals surface area contributed by atoms with Gasteiger partial charge in [0.2, 0.25) is 5.91 Å². The van der Waals surface area contributed by atoms with Crippen LogP contribution in [0.3, 0.4) is 0 Å². The van der Waals surface area contributed by atoms with E-state index >= 15 is 0 Å². The van der Waals surface area contributed by atoms with Crippen molar-refractivity contribution in [2.24, 2.45) is 5.73 Å². The monoisotopic (exact) mass is 339 g/mol. The maximum absolute atomic E-state index is 12.2. The third-order valence-corrected chi connectivity index (χ3v) is 4.14. The number of amides is 1. The molecule has 21 heavy (non-hydrogen) atoms. The molecule has 1 amide bonds. The number of hydrogen-bond acceptors (Lipinski definition) is 5. The lowest BCUT2D eigenvalue weighted by atomic mass is 10.2. The summed E-state index contributed by atoms with van der Waals surface area (Å²) in [6, 6.07) is -0.335. The molecule has 0 aliphatic carbocycles. The number of halogens is 1. The van der Waals surface area contributed by atoms with E-state index in [4.69, 9.17) is 10.5 Å². The smallest absolute Gasteiger partial charge is 0.239 e. The van der Waals surface area contributed by atoms with Gasteiger partial charge in [-0.05, 0) is 32.3 Å². The van der Waals surface area contributed by atoms with Crippen LogP contribution in [0.2, 0.25) is 0 Å². The van der Waals surface area contributed by atoms with E-state index in [9.17, 15) is 4.79 Å². The molecule has 126 valence electrons. The molecule has 1 saturated heterocycles. The van der Waals surface area contributed by atoms with Gasteiger partial charge in [0.1, 0.15) is 0 Å². The summed E-state index contributed by atoms with van der Waals surface area (Å²) in [6.45, 7) is 9.21. The Bertz CT molecular complexity index is 287. The molecule has 0 aromatic rings. The van der Waals surface area contributed by atoms with Crippen LogP contribution in [-0.2, 0) is 9.53 Å². The third-order valence-electron chi connectivity index (χ3n) is 3.49. The molecule has 0 spiro atoms. The molecule has 1 aliphatic rings. The Morgan fingerprint density at radius 2 is 1.90 bits per heavy atom. The molecule has 2 N–H and O–H groups in total. The minimum Gasteiger partial charge on any atom is -0.377 e. The van der Waals surface area contributed by atoms with Crippen LogP contribution in [0.4, 0.5) is 0 Å². The fraction of sp³-hybridized carbons (Fsp3) is 0.929. The first kappa shape index (κ1) is 21.0. The quantitative estimate of drug-likeness (QED) is 0.716. The van der Waals surface area contributed by atoms with E-state index in [1.165, 1.54) is 0 Å². The van der Waals surface area contributed by atoms with Crippen molar-refractivity contribution < 1.29 is 9.53 Å². The highest BCUT2D eigenvalue weighted by Gasteiger charge is 2.24. The predicted octanol–water partition coefficient (Wildman–Crippen LogP) is 1.06. The van der Waals surface area contributed by atoms with Crippen molar-refractivity contribution in [2.45, 2.75) is 32.4 Å². The lowest BCUT2D eigenvalue weighted by molar-refractivity contribution is -0.134. The number of nitrogens with zero attached hydrogens (tertiary/aromatic N) is 2. The van der Waals surface area contributed by atoms with Crippen molar-refractivity contribution in [2.75, 3.05) is 51.3 Å². The molecule has 1 heterocycles. The van der Waals surface area contributed by atoms with Gasteiger partial charge < -0.3 is 15.4 Å². The summed E-state index contributed by atoms with van der Waals surface area (Å²) < 4.78 is 5.56. The van der Waals surface area contributed by atoms with Gasteiger partial charge in [-0.25, -0.2) is 0 Å². The van der Waals surface area contributed by atoms with Crippen molar-refractivity contribution in [3.63, 3.8) is 0 Å². The third kappa shape index (κ3) is 8.26.